The quantitative estimate of drug-likeness (QED) is 0.495. The molecule has 156 valence electrons. The van der Waals surface area contributed by atoms with E-state index in [1.807, 2.05) is 36.4 Å². The molecule has 0 saturated carbocycles. The van der Waals surface area contributed by atoms with Gasteiger partial charge in [-0.3, -0.25) is 9.59 Å². The second-order valence-electron chi connectivity index (χ2n) is 6.94. The highest BCUT2D eigenvalue weighted by Gasteiger charge is 2.27. The first-order valence-corrected chi connectivity index (χ1v) is 9.79. The van der Waals surface area contributed by atoms with Gasteiger partial charge in [-0.25, -0.2) is 9.38 Å². The summed E-state index contributed by atoms with van der Waals surface area (Å²) in [4.78, 5) is 29.7. The Hall–Kier alpha value is -4.57. The lowest BCUT2D eigenvalue weighted by Crippen LogP contribution is -2.31. The molecule has 1 heterocycles. The minimum atomic E-state index is -0.676. The largest absolute Gasteiger partial charge is 0.347 e. The Morgan fingerprint density at radius 1 is 0.906 bits per heavy atom. The lowest BCUT2D eigenvalue weighted by Gasteiger charge is -2.07. The zero-order chi connectivity index (χ0) is 22.5. The van der Waals surface area contributed by atoms with E-state index in [0.29, 0.717) is 11.1 Å². The predicted octanol–water partition coefficient (Wildman–Crippen LogP) is 3.57. The molecule has 0 bridgehead atoms. The topological polar surface area (TPSA) is 94.3 Å². The van der Waals surface area contributed by atoms with E-state index in [4.69, 9.17) is 0 Å². The summed E-state index contributed by atoms with van der Waals surface area (Å²) in [5.74, 6) is -1.77. The van der Waals surface area contributed by atoms with E-state index < -0.39 is 17.6 Å². The lowest BCUT2D eigenvalue weighted by molar-refractivity contribution is -0.117. The van der Waals surface area contributed by atoms with Gasteiger partial charge in [-0.05, 0) is 17.7 Å². The Kier molecular flexibility index (Phi) is 5.86. The molecule has 4 rings (SSSR count). The van der Waals surface area contributed by atoms with Crippen molar-refractivity contribution in [2.75, 3.05) is 0 Å². The van der Waals surface area contributed by atoms with Crippen LogP contribution in [0, 0.1) is 17.1 Å². The lowest BCUT2D eigenvalue weighted by atomic mass is 10.0. The maximum atomic E-state index is 14.0. The molecule has 0 spiro atoms. The van der Waals surface area contributed by atoms with Crippen molar-refractivity contribution in [2.45, 2.75) is 6.54 Å². The van der Waals surface area contributed by atoms with Gasteiger partial charge >= 0.3 is 0 Å². The normalized spacial score (nSPS) is 13.4. The molecule has 1 aliphatic heterocycles. The fourth-order valence-corrected chi connectivity index (χ4v) is 3.31. The fourth-order valence-electron chi connectivity index (χ4n) is 3.31. The molecule has 2 amide bonds. The first-order valence-electron chi connectivity index (χ1n) is 9.79. The molecule has 0 unspecified atom stereocenters. The van der Waals surface area contributed by atoms with Crippen LogP contribution in [0.25, 0.3) is 5.70 Å². The summed E-state index contributed by atoms with van der Waals surface area (Å²) in [6.45, 7) is 0.250. The van der Waals surface area contributed by atoms with Crippen molar-refractivity contribution >= 4 is 23.3 Å². The van der Waals surface area contributed by atoms with Crippen molar-refractivity contribution in [1.82, 2.24) is 10.6 Å². The average molecular weight is 424 g/mol. The smallest absolute Gasteiger partial charge is 0.264 e. The zero-order valence-corrected chi connectivity index (χ0v) is 16.8. The SMILES string of the molecule is N#C/C(C(=O)NCc1ccccc1)=C1/N=C(NC(=O)c2ccccc2F)c2ccccc21. The van der Waals surface area contributed by atoms with E-state index in [-0.39, 0.29) is 29.2 Å². The van der Waals surface area contributed by atoms with E-state index in [2.05, 4.69) is 15.6 Å². The number of amides is 2. The minimum absolute atomic E-state index is 0.133. The van der Waals surface area contributed by atoms with Crippen LogP contribution in [0.3, 0.4) is 0 Å². The monoisotopic (exact) mass is 424 g/mol. The van der Waals surface area contributed by atoms with Crippen LogP contribution < -0.4 is 10.6 Å². The van der Waals surface area contributed by atoms with Gasteiger partial charge in [-0.2, -0.15) is 5.26 Å². The third kappa shape index (κ3) is 4.16. The number of hydrogen-bond acceptors (Lipinski definition) is 4. The van der Waals surface area contributed by atoms with Gasteiger partial charge in [0.2, 0.25) is 0 Å². The molecular weight excluding hydrogens is 407 g/mol. The maximum Gasteiger partial charge on any atom is 0.264 e. The second kappa shape index (κ2) is 9.06. The van der Waals surface area contributed by atoms with Gasteiger partial charge in [0.25, 0.3) is 11.8 Å². The van der Waals surface area contributed by atoms with Gasteiger partial charge < -0.3 is 10.6 Å². The zero-order valence-electron chi connectivity index (χ0n) is 16.8. The summed E-state index contributed by atoms with van der Waals surface area (Å²) < 4.78 is 14.0. The van der Waals surface area contributed by atoms with E-state index in [1.54, 1.807) is 30.3 Å². The van der Waals surface area contributed by atoms with E-state index in [1.165, 1.54) is 18.2 Å². The van der Waals surface area contributed by atoms with Crippen molar-refractivity contribution in [3.63, 3.8) is 0 Å². The minimum Gasteiger partial charge on any atom is -0.347 e. The van der Waals surface area contributed by atoms with E-state index in [9.17, 15) is 19.2 Å². The summed E-state index contributed by atoms with van der Waals surface area (Å²) in [5, 5.41) is 15.0. The van der Waals surface area contributed by atoms with Gasteiger partial charge in [-0.1, -0.05) is 66.7 Å². The van der Waals surface area contributed by atoms with Crippen LogP contribution in [0.1, 0.15) is 27.0 Å². The third-order valence-electron chi connectivity index (χ3n) is 4.88. The molecule has 6 nitrogen and oxygen atoms in total. The summed E-state index contributed by atoms with van der Waals surface area (Å²) in [6.07, 6.45) is 0. The number of nitriles is 1. The highest BCUT2D eigenvalue weighted by molar-refractivity contribution is 6.20. The summed E-state index contributed by atoms with van der Waals surface area (Å²) in [5.41, 5.74) is 1.79. The molecule has 2 N–H and O–H groups in total. The van der Waals surface area contributed by atoms with Crippen LogP contribution in [0.5, 0.6) is 0 Å². The molecule has 0 atom stereocenters. The van der Waals surface area contributed by atoms with Crippen LogP contribution in [0.15, 0.2) is 89.4 Å². The molecule has 0 aliphatic carbocycles. The van der Waals surface area contributed by atoms with Gasteiger partial charge in [0.1, 0.15) is 23.3 Å². The Bertz CT molecular complexity index is 1310. The second-order valence-corrected chi connectivity index (χ2v) is 6.94. The van der Waals surface area contributed by atoms with Gasteiger partial charge in [0.15, 0.2) is 0 Å². The van der Waals surface area contributed by atoms with Gasteiger partial charge in [0.05, 0.1) is 11.3 Å². The standard InChI is InChI=1S/C25H17FN4O2/c26-21-13-7-6-12-19(21)25(32)30-23-18-11-5-4-10-17(18)22(29-23)20(14-27)24(31)28-15-16-8-2-1-3-9-16/h1-13H,15H2,(H,28,31)(H,29,30,32)/b22-20-. The summed E-state index contributed by atoms with van der Waals surface area (Å²) >= 11 is 0. The molecular formula is C25H17FN4O2. The molecule has 0 radical (unpaired) electrons. The van der Waals surface area contributed by atoms with Gasteiger partial charge in [0, 0.05) is 17.7 Å². The first-order chi connectivity index (χ1) is 15.6. The van der Waals surface area contributed by atoms with Crippen LogP contribution in [-0.2, 0) is 11.3 Å². The number of halogens is 1. The Morgan fingerprint density at radius 3 is 2.28 bits per heavy atom. The van der Waals surface area contributed by atoms with E-state index in [0.717, 1.165) is 5.56 Å². The summed E-state index contributed by atoms with van der Waals surface area (Å²) in [6, 6.07) is 23.7. The number of nitrogens with one attached hydrogen (secondary N) is 2. The van der Waals surface area contributed by atoms with Crippen LogP contribution >= 0.6 is 0 Å². The number of nitrogens with zero attached hydrogens (tertiary/aromatic N) is 2. The molecule has 3 aromatic rings. The van der Waals surface area contributed by atoms with Crippen LogP contribution in [0.4, 0.5) is 4.39 Å². The molecule has 0 fully saturated rings. The number of aliphatic imine (C=N–C) groups is 1. The van der Waals surface area contributed by atoms with Crippen molar-refractivity contribution in [1.29, 1.82) is 5.26 Å². The Morgan fingerprint density at radius 2 is 1.56 bits per heavy atom. The number of carbonyl (C=O) groups excluding carboxylic acids is 2. The molecule has 1 aliphatic rings. The average Bonchev–Trinajstić information content (AvgIpc) is 3.17. The van der Waals surface area contributed by atoms with Crippen molar-refractivity contribution in [2.24, 2.45) is 4.99 Å². The van der Waals surface area contributed by atoms with Crippen molar-refractivity contribution < 1.29 is 14.0 Å². The molecule has 32 heavy (non-hydrogen) atoms. The summed E-state index contributed by atoms with van der Waals surface area (Å²) in [7, 11) is 0. The molecule has 0 saturated heterocycles. The number of carbonyl (C=O) groups is 2. The Labute approximate surface area is 183 Å². The van der Waals surface area contributed by atoms with Crippen molar-refractivity contribution in [3.05, 3.63) is 113 Å². The molecule has 3 aromatic carbocycles. The number of amidine groups is 1. The van der Waals surface area contributed by atoms with E-state index >= 15 is 0 Å². The molecule has 0 aromatic heterocycles. The van der Waals surface area contributed by atoms with Crippen LogP contribution in [-0.4, -0.2) is 17.6 Å². The van der Waals surface area contributed by atoms with Gasteiger partial charge in [-0.15, -0.1) is 0 Å². The maximum absolute atomic E-state index is 14.0. The number of hydrogen-bond donors (Lipinski definition) is 2. The highest BCUT2D eigenvalue weighted by atomic mass is 19.1. The highest BCUT2D eigenvalue weighted by Crippen LogP contribution is 2.30. The Balaban J connectivity index is 1.65. The predicted molar refractivity (Wildman–Crippen MR) is 118 cm³/mol. The molecule has 7 heteroatoms. The number of rotatable bonds is 4. The first kappa shape index (κ1) is 20.7. The van der Waals surface area contributed by atoms with Crippen LogP contribution in [0.2, 0.25) is 0 Å². The third-order valence-corrected chi connectivity index (χ3v) is 4.88. The number of fused-ring (bicyclic) bond motifs is 1. The fraction of sp³-hybridized carbons (Fsp3) is 0.0400. The van der Waals surface area contributed by atoms with Crippen molar-refractivity contribution in [3.8, 4) is 6.07 Å². The number of benzene rings is 3.